The first-order valence-electron chi connectivity index (χ1n) is 10.3. The van der Waals surface area contributed by atoms with E-state index in [1.807, 2.05) is 36.5 Å². The Morgan fingerprint density at radius 1 is 1.23 bits per heavy atom. The fraction of sp³-hybridized carbons (Fsp3) is 0.208. The Kier molecular flexibility index (Phi) is 4.39. The lowest BCUT2D eigenvalue weighted by atomic mass is 9.61. The molecule has 1 aliphatic heterocycles. The summed E-state index contributed by atoms with van der Waals surface area (Å²) in [6.45, 7) is 4.17. The fourth-order valence-corrected chi connectivity index (χ4v) is 4.50. The molecule has 0 bridgehead atoms. The zero-order valence-corrected chi connectivity index (χ0v) is 17.0. The molecule has 1 fully saturated rings. The summed E-state index contributed by atoms with van der Waals surface area (Å²) in [7, 11) is 0. The maximum atomic E-state index is 12.4. The molecule has 1 saturated carbocycles. The van der Waals surface area contributed by atoms with E-state index < -0.39 is 0 Å². The van der Waals surface area contributed by atoms with Gasteiger partial charge in [0.25, 0.3) is 5.91 Å². The highest BCUT2D eigenvalue weighted by Crippen LogP contribution is 2.47. The zero-order chi connectivity index (χ0) is 21.6. The molecule has 1 spiro atoms. The number of benzene rings is 2. The smallest absolute Gasteiger partial charge is 0.251 e. The number of nitrogens with zero attached hydrogens (tertiary/aromatic N) is 2. The molecule has 31 heavy (non-hydrogen) atoms. The number of nitrogens with one attached hydrogen (secondary N) is 2. The fourth-order valence-electron chi connectivity index (χ4n) is 4.50. The Hall–Kier alpha value is -3.87. The molecule has 3 aromatic rings. The first-order chi connectivity index (χ1) is 15.0. The lowest BCUT2D eigenvalue weighted by molar-refractivity contribution is -0.111. The molecule has 2 aliphatic rings. The highest BCUT2D eigenvalue weighted by molar-refractivity contribution is 5.99. The maximum absolute atomic E-state index is 12.4. The predicted octanol–water partition coefficient (Wildman–Crippen LogP) is 3.41. The van der Waals surface area contributed by atoms with Crippen molar-refractivity contribution in [2.75, 3.05) is 17.6 Å². The van der Waals surface area contributed by atoms with Crippen LogP contribution < -0.4 is 16.4 Å². The SMILES string of the molecule is C=CC(=O)Nc1cccc(-n2cc(-c3ccc4c(c3)C3(CCC3)CNC4=O)c(N)n2)c1. The van der Waals surface area contributed by atoms with Gasteiger partial charge >= 0.3 is 0 Å². The van der Waals surface area contributed by atoms with Crippen LogP contribution in [0, 0.1) is 0 Å². The van der Waals surface area contributed by atoms with Crippen molar-refractivity contribution in [2.45, 2.75) is 24.7 Å². The molecular weight excluding hydrogens is 390 g/mol. The summed E-state index contributed by atoms with van der Waals surface area (Å²) in [5, 5.41) is 10.3. The normalized spacial score (nSPS) is 16.2. The van der Waals surface area contributed by atoms with E-state index in [1.54, 1.807) is 10.7 Å². The highest BCUT2D eigenvalue weighted by Gasteiger charge is 2.44. The lowest BCUT2D eigenvalue weighted by Crippen LogP contribution is -2.50. The summed E-state index contributed by atoms with van der Waals surface area (Å²) < 4.78 is 1.69. The molecule has 2 amide bonds. The Balaban J connectivity index is 1.52. The van der Waals surface area contributed by atoms with Gasteiger partial charge in [-0.15, -0.1) is 0 Å². The molecule has 2 aromatic carbocycles. The predicted molar refractivity (Wildman–Crippen MR) is 120 cm³/mol. The average Bonchev–Trinajstić information content (AvgIpc) is 3.14. The van der Waals surface area contributed by atoms with Gasteiger partial charge in [-0.05, 0) is 60.4 Å². The second-order valence-corrected chi connectivity index (χ2v) is 8.19. The van der Waals surface area contributed by atoms with E-state index in [4.69, 9.17) is 5.73 Å². The van der Waals surface area contributed by atoms with Gasteiger partial charge in [-0.3, -0.25) is 9.59 Å². The van der Waals surface area contributed by atoms with E-state index in [0.29, 0.717) is 18.1 Å². The van der Waals surface area contributed by atoms with E-state index in [2.05, 4.69) is 28.4 Å². The van der Waals surface area contributed by atoms with Crippen molar-refractivity contribution in [3.05, 3.63) is 72.4 Å². The van der Waals surface area contributed by atoms with Crippen LogP contribution >= 0.6 is 0 Å². The number of nitrogen functional groups attached to an aromatic ring is 1. The van der Waals surface area contributed by atoms with Crippen molar-refractivity contribution in [2.24, 2.45) is 0 Å². The van der Waals surface area contributed by atoms with Crippen LogP contribution in [0.2, 0.25) is 0 Å². The Morgan fingerprint density at radius 3 is 2.81 bits per heavy atom. The van der Waals surface area contributed by atoms with Gasteiger partial charge in [-0.1, -0.05) is 25.1 Å². The van der Waals surface area contributed by atoms with Gasteiger partial charge in [-0.2, -0.15) is 5.10 Å². The Morgan fingerprint density at radius 2 is 2.06 bits per heavy atom. The molecule has 1 aliphatic carbocycles. The number of rotatable bonds is 4. The quantitative estimate of drug-likeness (QED) is 0.571. The number of carbonyl (C=O) groups excluding carboxylic acids is 2. The number of nitrogens with two attached hydrogens (primary N) is 1. The Labute approximate surface area is 179 Å². The van der Waals surface area contributed by atoms with Crippen molar-refractivity contribution in [1.82, 2.24) is 15.1 Å². The molecule has 1 aromatic heterocycles. The van der Waals surface area contributed by atoms with Crippen LogP contribution in [0.15, 0.2) is 61.3 Å². The number of fused-ring (bicyclic) bond motifs is 2. The number of hydrogen-bond donors (Lipinski definition) is 3. The zero-order valence-electron chi connectivity index (χ0n) is 17.0. The summed E-state index contributed by atoms with van der Waals surface area (Å²) in [6, 6.07) is 13.3. The minimum absolute atomic E-state index is 0.0128. The van der Waals surface area contributed by atoms with E-state index in [0.717, 1.165) is 40.8 Å². The summed E-state index contributed by atoms with van der Waals surface area (Å²) >= 11 is 0. The number of anilines is 2. The van der Waals surface area contributed by atoms with E-state index >= 15 is 0 Å². The van der Waals surface area contributed by atoms with Crippen molar-refractivity contribution >= 4 is 23.3 Å². The summed E-state index contributed by atoms with van der Waals surface area (Å²) in [4.78, 5) is 24.0. The monoisotopic (exact) mass is 413 g/mol. The molecule has 0 saturated heterocycles. The number of hydrogen-bond acceptors (Lipinski definition) is 4. The second-order valence-electron chi connectivity index (χ2n) is 8.19. The standard InChI is InChI=1S/C24H23N5O2/c1-2-21(30)27-16-5-3-6-17(12-16)29-13-19(22(25)28-29)15-7-8-18-20(11-15)24(9-4-10-24)14-26-23(18)31/h2-3,5-8,11-13H,1,4,9-10,14H2,(H2,25,28)(H,26,31)(H,27,30). The lowest BCUT2D eigenvalue weighted by Gasteiger charge is -2.46. The third-order valence-electron chi connectivity index (χ3n) is 6.35. The first-order valence-corrected chi connectivity index (χ1v) is 10.3. The molecular formula is C24H23N5O2. The number of aromatic nitrogens is 2. The van der Waals surface area contributed by atoms with Crippen LogP contribution in [0.3, 0.4) is 0 Å². The molecule has 0 radical (unpaired) electrons. The molecule has 7 heteroatoms. The Bertz CT molecular complexity index is 1220. The van der Waals surface area contributed by atoms with Crippen LogP contribution in [0.25, 0.3) is 16.8 Å². The van der Waals surface area contributed by atoms with E-state index in [9.17, 15) is 9.59 Å². The van der Waals surface area contributed by atoms with E-state index in [-0.39, 0.29) is 17.2 Å². The molecule has 0 unspecified atom stereocenters. The average molecular weight is 413 g/mol. The van der Waals surface area contributed by atoms with Crippen LogP contribution in [-0.2, 0) is 10.2 Å². The largest absolute Gasteiger partial charge is 0.382 e. The number of amides is 2. The van der Waals surface area contributed by atoms with Crippen molar-refractivity contribution in [3.8, 4) is 16.8 Å². The molecule has 2 heterocycles. The van der Waals surface area contributed by atoms with Crippen molar-refractivity contribution in [3.63, 3.8) is 0 Å². The number of carbonyl (C=O) groups is 2. The van der Waals surface area contributed by atoms with Gasteiger partial charge in [0.15, 0.2) is 5.82 Å². The van der Waals surface area contributed by atoms with Crippen LogP contribution in [0.5, 0.6) is 0 Å². The summed E-state index contributed by atoms with van der Waals surface area (Å²) in [6.07, 6.45) is 6.45. The minimum atomic E-state index is -0.277. The van der Waals surface area contributed by atoms with Gasteiger partial charge in [0.2, 0.25) is 5.91 Å². The third-order valence-corrected chi connectivity index (χ3v) is 6.35. The van der Waals surface area contributed by atoms with Gasteiger partial charge in [0.1, 0.15) is 0 Å². The topological polar surface area (TPSA) is 102 Å². The highest BCUT2D eigenvalue weighted by atomic mass is 16.2. The second kappa shape index (κ2) is 7.12. The van der Waals surface area contributed by atoms with Gasteiger partial charge < -0.3 is 16.4 Å². The van der Waals surface area contributed by atoms with Crippen molar-refractivity contribution < 1.29 is 9.59 Å². The van der Waals surface area contributed by atoms with Crippen molar-refractivity contribution in [1.29, 1.82) is 0 Å². The van der Waals surface area contributed by atoms with E-state index in [1.165, 1.54) is 12.5 Å². The maximum Gasteiger partial charge on any atom is 0.251 e. The minimum Gasteiger partial charge on any atom is -0.382 e. The first kappa shape index (κ1) is 19.1. The summed E-state index contributed by atoms with van der Waals surface area (Å²) in [5.41, 5.74) is 11.4. The molecule has 5 rings (SSSR count). The van der Waals surface area contributed by atoms with Crippen LogP contribution in [-0.4, -0.2) is 28.1 Å². The van der Waals surface area contributed by atoms with Gasteiger partial charge in [0, 0.05) is 35.0 Å². The molecule has 156 valence electrons. The third kappa shape index (κ3) is 3.18. The molecule has 7 nitrogen and oxygen atoms in total. The summed E-state index contributed by atoms with van der Waals surface area (Å²) in [5.74, 6) is 0.116. The van der Waals surface area contributed by atoms with Gasteiger partial charge in [0.05, 0.1) is 5.69 Å². The van der Waals surface area contributed by atoms with Gasteiger partial charge in [-0.25, -0.2) is 4.68 Å². The molecule has 0 atom stereocenters. The van der Waals surface area contributed by atoms with Crippen LogP contribution in [0.4, 0.5) is 11.5 Å². The van der Waals surface area contributed by atoms with Crippen LogP contribution in [0.1, 0.15) is 35.2 Å². The molecule has 4 N–H and O–H groups in total.